The summed E-state index contributed by atoms with van der Waals surface area (Å²) in [4.78, 5) is 0. The first-order valence-electron chi connectivity index (χ1n) is 6.05. The molecule has 1 heterocycles. The Bertz CT molecular complexity index is 808. The van der Waals surface area contributed by atoms with Crippen molar-refractivity contribution in [2.24, 2.45) is 0 Å². The van der Waals surface area contributed by atoms with E-state index in [1.807, 2.05) is 0 Å². The van der Waals surface area contributed by atoms with Crippen molar-refractivity contribution in [3.63, 3.8) is 0 Å². The number of halogens is 5. The lowest BCUT2D eigenvalue weighted by molar-refractivity contribution is 0.368. The Kier molecular flexibility index (Phi) is 3.16. The minimum Gasteiger partial charge on any atom is -0.343 e. The van der Waals surface area contributed by atoms with Crippen LogP contribution < -0.4 is 0 Å². The average molecular weight is 297 g/mol. The van der Waals surface area contributed by atoms with Crippen molar-refractivity contribution < 1.29 is 22.0 Å². The summed E-state index contributed by atoms with van der Waals surface area (Å²) in [7, 11) is 0. The van der Waals surface area contributed by atoms with E-state index < -0.39 is 41.2 Å². The third kappa shape index (κ3) is 2.07. The first-order chi connectivity index (χ1) is 10.0. The summed E-state index contributed by atoms with van der Waals surface area (Å²) >= 11 is 0. The van der Waals surface area contributed by atoms with Crippen molar-refractivity contribution in [2.75, 3.05) is 0 Å². The lowest BCUT2D eigenvalue weighted by atomic mass is 10.1. The van der Waals surface area contributed by atoms with Crippen LogP contribution in [0.25, 0.3) is 10.9 Å². The van der Waals surface area contributed by atoms with E-state index in [4.69, 9.17) is 0 Å². The van der Waals surface area contributed by atoms with Gasteiger partial charge in [0, 0.05) is 17.3 Å². The van der Waals surface area contributed by atoms with Crippen molar-refractivity contribution in [1.29, 1.82) is 0 Å². The zero-order valence-electron chi connectivity index (χ0n) is 10.5. The number of hydrogen-bond acceptors (Lipinski definition) is 0. The summed E-state index contributed by atoms with van der Waals surface area (Å²) in [6.45, 7) is -0.445. The number of para-hydroxylation sites is 1. The third-order valence-electron chi connectivity index (χ3n) is 3.31. The molecule has 0 N–H and O–H groups in total. The standard InChI is InChI=1S/C15H8F5N/c16-11-9(12(17)14(19)15(20)13(11)18)7-21-6-5-8-3-1-2-4-10(8)21/h1-6H,7H2. The maximum Gasteiger partial charge on any atom is 0.200 e. The zero-order valence-corrected chi connectivity index (χ0v) is 10.5. The molecule has 6 heteroatoms. The van der Waals surface area contributed by atoms with E-state index in [2.05, 4.69) is 0 Å². The number of aromatic nitrogens is 1. The van der Waals surface area contributed by atoms with Gasteiger partial charge in [0.2, 0.25) is 5.82 Å². The molecule has 108 valence electrons. The summed E-state index contributed by atoms with van der Waals surface area (Å²) < 4.78 is 68.1. The van der Waals surface area contributed by atoms with Crippen LogP contribution in [-0.4, -0.2) is 4.57 Å². The molecule has 0 aliphatic heterocycles. The Morgan fingerprint density at radius 1 is 0.714 bits per heavy atom. The first kappa shape index (κ1) is 13.6. The average Bonchev–Trinajstić information content (AvgIpc) is 2.91. The molecule has 21 heavy (non-hydrogen) atoms. The molecule has 1 nitrogen and oxygen atoms in total. The second-order valence-electron chi connectivity index (χ2n) is 4.55. The topological polar surface area (TPSA) is 4.93 Å². The zero-order chi connectivity index (χ0) is 15.1. The second kappa shape index (κ2) is 4.87. The Hall–Kier alpha value is -2.37. The van der Waals surface area contributed by atoms with Gasteiger partial charge in [-0.25, -0.2) is 22.0 Å². The number of fused-ring (bicyclic) bond motifs is 1. The van der Waals surface area contributed by atoms with Crippen molar-refractivity contribution in [2.45, 2.75) is 6.54 Å². The minimum atomic E-state index is -2.15. The Morgan fingerprint density at radius 2 is 1.29 bits per heavy atom. The van der Waals surface area contributed by atoms with E-state index in [1.54, 1.807) is 30.3 Å². The lowest BCUT2D eigenvalue weighted by Crippen LogP contribution is -2.10. The van der Waals surface area contributed by atoms with Crippen molar-refractivity contribution in [3.05, 3.63) is 71.2 Å². The monoisotopic (exact) mass is 297 g/mol. The Balaban J connectivity index is 2.14. The predicted molar refractivity (Wildman–Crippen MR) is 67.3 cm³/mol. The molecule has 0 radical (unpaired) electrons. The molecular formula is C15H8F5N. The summed E-state index contributed by atoms with van der Waals surface area (Å²) in [6.07, 6.45) is 1.53. The van der Waals surface area contributed by atoms with Gasteiger partial charge < -0.3 is 4.57 Å². The lowest BCUT2D eigenvalue weighted by Gasteiger charge is -2.10. The minimum absolute atomic E-state index is 0.445. The van der Waals surface area contributed by atoms with E-state index in [-0.39, 0.29) is 0 Å². The highest BCUT2D eigenvalue weighted by Gasteiger charge is 2.25. The quantitative estimate of drug-likeness (QED) is 0.376. The summed E-state index contributed by atoms with van der Waals surface area (Å²) in [5.41, 5.74) is -0.214. The number of benzene rings is 2. The van der Waals surface area contributed by atoms with Gasteiger partial charge >= 0.3 is 0 Å². The molecule has 3 rings (SSSR count). The van der Waals surface area contributed by atoms with Crippen molar-refractivity contribution in [3.8, 4) is 0 Å². The van der Waals surface area contributed by atoms with Gasteiger partial charge in [-0.2, -0.15) is 0 Å². The smallest absolute Gasteiger partial charge is 0.200 e. The molecule has 0 amide bonds. The van der Waals surface area contributed by atoms with Gasteiger partial charge in [-0.1, -0.05) is 18.2 Å². The van der Waals surface area contributed by atoms with Gasteiger partial charge in [0.05, 0.1) is 6.54 Å². The van der Waals surface area contributed by atoms with Crippen LogP contribution >= 0.6 is 0 Å². The van der Waals surface area contributed by atoms with E-state index >= 15 is 0 Å². The van der Waals surface area contributed by atoms with Gasteiger partial charge in [0.15, 0.2) is 23.3 Å². The van der Waals surface area contributed by atoms with E-state index in [0.717, 1.165) is 5.39 Å². The molecule has 0 saturated heterocycles. The third-order valence-corrected chi connectivity index (χ3v) is 3.31. The molecular weight excluding hydrogens is 289 g/mol. The van der Waals surface area contributed by atoms with Crippen LogP contribution in [0.5, 0.6) is 0 Å². The normalized spacial score (nSPS) is 11.3. The van der Waals surface area contributed by atoms with Gasteiger partial charge in [-0.3, -0.25) is 0 Å². The Labute approximate surface area is 116 Å². The van der Waals surface area contributed by atoms with E-state index in [0.29, 0.717) is 5.52 Å². The molecule has 3 aromatic rings. The largest absolute Gasteiger partial charge is 0.343 e. The second-order valence-corrected chi connectivity index (χ2v) is 4.55. The molecule has 0 fully saturated rings. The van der Waals surface area contributed by atoms with Crippen LogP contribution in [0.15, 0.2) is 36.5 Å². The molecule has 2 aromatic carbocycles. The van der Waals surface area contributed by atoms with Gasteiger partial charge in [0.1, 0.15) is 0 Å². The molecule has 0 unspecified atom stereocenters. The van der Waals surface area contributed by atoms with Gasteiger partial charge in [-0.15, -0.1) is 0 Å². The highest BCUT2D eigenvalue weighted by atomic mass is 19.2. The molecule has 1 aromatic heterocycles. The van der Waals surface area contributed by atoms with Crippen LogP contribution in [0.3, 0.4) is 0 Å². The molecule has 0 spiro atoms. The molecule has 0 bridgehead atoms. The Morgan fingerprint density at radius 3 is 1.95 bits per heavy atom. The molecule has 0 atom stereocenters. The van der Waals surface area contributed by atoms with Crippen LogP contribution in [0.2, 0.25) is 0 Å². The van der Waals surface area contributed by atoms with E-state index in [9.17, 15) is 22.0 Å². The van der Waals surface area contributed by atoms with Gasteiger partial charge in [0.25, 0.3) is 0 Å². The fourth-order valence-corrected chi connectivity index (χ4v) is 2.24. The highest BCUT2D eigenvalue weighted by molar-refractivity contribution is 5.80. The highest BCUT2D eigenvalue weighted by Crippen LogP contribution is 2.25. The maximum atomic E-state index is 13.7. The number of rotatable bonds is 2. The SMILES string of the molecule is Fc1c(F)c(F)c(Cn2ccc3ccccc32)c(F)c1F. The van der Waals surface area contributed by atoms with Crippen LogP contribution in [-0.2, 0) is 6.54 Å². The van der Waals surface area contributed by atoms with Crippen molar-refractivity contribution >= 4 is 10.9 Å². The molecule has 0 saturated carbocycles. The fourth-order valence-electron chi connectivity index (χ4n) is 2.24. The fraction of sp³-hybridized carbons (Fsp3) is 0.0667. The molecule has 0 aliphatic rings. The summed E-state index contributed by atoms with van der Waals surface area (Å²) in [5.74, 6) is -9.61. The van der Waals surface area contributed by atoms with Crippen molar-refractivity contribution in [1.82, 2.24) is 4.57 Å². The van der Waals surface area contributed by atoms with Crippen LogP contribution in [0.4, 0.5) is 22.0 Å². The summed E-state index contributed by atoms with van der Waals surface area (Å²) in [6, 6.07) is 8.68. The number of hydrogen-bond donors (Lipinski definition) is 0. The molecule has 0 aliphatic carbocycles. The first-order valence-corrected chi connectivity index (χ1v) is 6.05. The van der Waals surface area contributed by atoms with Crippen LogP contribution in [0.1, 0.15) is 5.56 Å². The predicted octanol–water partition coefficient (Wildman–Crippen LogP) is 4.39. The maximum absolute atomic E-state index is 13.7. The van der Waals surface area contributed by atoms with Gasteiger partial charge in [-0.05, 0) is 17.5 Å². The summed E-state index contributed by atoms with van der Waals surface area (Å²) in [5, 5.41) is 0.807. The number of nitrogens with zero attached hydrogens (tertiary/aromatic N) is 1. The van der Waals surface area contributed by atoms with Crippen LogP contribution in [0, 0.1) is 29.1 Å². The van der Waals surface area contributed by atoms with E-state index in [1.165, 1.54) is 10.8 Å².